The second-order valence-electron chi connectivity index (χ2n) is 7.18. The Kier molecular flexibility index (Phi) is 7.86. The van der Waals surface area contributed by atoms with Crippen LogP contribution in [-0.2, 0) is 19.0 Å². The van der Waals surface area contributed by atoms with Crippen molar-refractivity contribution in [3.8, 4) is 11.5 Å². The molecule has 1 heterocycles. The SMILES string of the molecule is C=C(C)C(=O)OCCOCCNC(=O)Oc1c(C)cc(OCC2CO2)c2ccccc12. The average Bonchev–Trinajstić information content (AvgIpc) is 3.58. The number of hydrogen-bond donors (Lipinski definition) is 1. The van der Waals surface area contributed by atoms with Crippen molar-refractivity contribution in [1.29, 1.82) is 0 Å². The second kappa shape index (κ2) is 10.8. The third kappa shape index (κ3) is 6.70. The lowest BCUT2D eigenvalue weighted by Gasteiger charge is -2.15. The molecular formula is C23H27NO7. The van der Waals surface area contributed by atoms with E-state index in [1.54, 1.807) is 6.92 Å². The molecule has 0 bridgehead atoms. The standard InChI is InChI=1S/C23H27NO7/c1-15(2)22(25)28-11-10-27-9-8-24-23(26)31-21-16(3)12-20(30-14-17-13-29-17)18-6-4-5-7-19(18)21/h4-7,12,17H,1,8-11,13-14H2,2-3H3,(H,24,26). The summed E-state index contributed by atoms with van der Waals surface area (Å²) in [7, 11) is 0. The molecule has 1 atom stereocenters. The zero-order chi connectivity index (χ0) is 22.2. The van der Waals surface area contributed by atoms with Gasteiger partial charge < -0.3 is 29.0 Å². The normalized spacial score (nSPS) is 14.7. The molecule has 1 aliphatic heterocycles. The van der Waals surface area contributed by atoms with E-state index in [1.165, 1.54) is 0 Å². The van der Waals surface area contributed by atoms with Gasteiger partial charge in [-0.05, 0) is 25.5 Å². The van der Waals surface area contributed by atoms with Gasteiger partial charge in [0, 0.05) is 22.9 Å². The first-order valence-electron chi connectivity index (χ1n) is 10.1. The van der Waals surface area contributed by atoms with Gasteiger partial charge in [0.2, 0.25) is 0 Å². The van der Waals surface area contributed by atoms with E-state index < -0.39 is 12.1 Å². The summed E-state index contributed by atoms with van der Waals surface area (Å²) in [5.41, 5.74) is 1.12. The monoisotopic (exact) mass is 429 g/mol. The molecule has 3 rings (SSSR count). The number of esters is 1. The molecule has 1 amide bonds. The van der Waals surface area contributed by atoms with E-state index in [1.807, 2.05) is 37.3 Å². The van der Waals surface area contributed by atoms with E-state index >= 15 is 0 Å². The van der Waals surface area contributed by atoms with E-state index in [2.05, 4.69) is 11.9 Å². The molecule has 0 saturated carbocycles. The summed E-state index contributed by atoms with van der Waals surface area (Å²) >= 11 is 0. The number of ether oxygens (including phenoxy) is 5. The summed E-state index contributed by atoms with van der Waals surface area (Å²) in [6.45, 7) is 9.03. The molecule has 1 saturated heterocycles. The molecule has 1 N–H and O–H groups in total. The first kappa shape index (κ1) is 22.6. The second-order valence-corrected chi connectivity index (χ2v) is 7.18. The summed E-state index contributed by atoms with van der Waals surface area (Å²) < 4.78 is 26.9. The molecular weight excluding hydrogens is 402 g/mol. The minimum absolute atomic E-state index is 0.128. The summed E-state index contributed by atoms with van der Waals surface area (Å²) in [5.74, 6) is 0.762. The van der Waals surface area contributed by atoms with Crippen molar-refractivity contribution in [3.63, 3.8) is 0 Å². The quantitative estimate of drug-likeness (QED) is 0.254. The van der Waals surface area contributed by atoms with Crippen LogP contribution < -0.4 is 14.8 Å². The number of epoxide rings is 1. The van der Waals surface area contributed by atoms with E-state index in [4.69, 9.17) is 23.7 Å². The first-order chi connectivity index (χ1) is 15.0. The van der Waals surface area contributed by atoms with Crippen LogP contribution >= 0.6 is 0 Å². The van der Waals surface area contributed by atoms with Crippen LogP contribution in [0.25, 0.3) is 10.8 Å². The predicted octanol–water partition coefficient (Wildman–Crippen LogP) is 3.15. The molecule has 0 aromatic heterocycles. The van der Waals surface area contributed by atoms with Gasteiger partial charge in [0.15, 0.2) is 0 Å². The fourth-order valence-corrected chi connectivity index (χ4v) is 2.82. The van der Waals surface area contributed by atoms with Gasteiger partial charge in [-0.3, -0.25) is 0 Å². The highest BCUT2D eigenvalue weighted by Gasteiger charge is 2.24. The molecule has 0 aliphatic carbocycles. The molecule has 166 valence electrons. The summed E-state index contributed by atoms with van der Waals surface area (Å²) in [4.78, 5) is 23.5. The van der Waals surface area contributed by atoms with Crippen LogP contribution in [-0.4, -0.2) is 57.7 Å². The maximum Gasteiger partial charge on any atom is 0.412 e. The molecule has 8 nitrogen and oxygen atoms in total. The average molecular weight is 429 g/mol. The van der Waals surface area contributed by atoms with Gasteiger partial charge in [0.25, 0.3) is 0 Å². The third-order valence-corrected chi connectivity index (χ3v) is 4.49. The van der Waals surface area contributed by atoms with Gasteiger partial charge in [-0.2, -0.15) is 0 Å². The molecule has 0 spiro atoms. The van der Waals surface area contributed by atoms with Crippen molar-refractivity contribution in [2.75, 3.05) is 39.6 Å². The lowest BCUT2D eigenvalue weighted by atomic mass is 10.0. The van der Waals surface area contributed by atoms with Crippen LogP contribution in [0.5, 0.6) is 11.5 Å². The van der Waals surface area contributed by atoms with E-state index in [-0.39, 0.29) is 32.5 Å². The highest BCUT2D eigenvalue weighted by atomic mass is 16.6. The Bertz CT molecular complexity index is 952. The predicted molar refractivity (Wildman–Crippen MR) is 115 cm³/mol. The van der Waals surface area contributed by atoms with Gasteiger partial charge in [-0.1, -0.05) is 30.8 Å². The Balaban J connectivity index is 1.49. The van der Waals surface area contributed by atoms with Crippen LogP contribution in [0.15, 0.2) is 42.5 Å². The number of rotatable bonds is 11. The number of amides is 1. The molecule has 8 heteroatoms. The molecule has 0 radical (unpaired) electrons. The van der Waals surface area contributed by atoms with Gasteiger partial charge in [0.1, 0.15) is 30.8 Å². The number of carbonyl (C=O) groups is 2. The Morgan fingerprint density at radius 1 is 1.19 bits per heavy atom. The van der Waals surface area contributed by atoms with Crippen molar-refractivity contribution in [2.24, 2.45) is 0 Å². The number of nitrogens with one attached hydrogen (secondary N) is 1. The number of carbonyl (C=O) groups excluding carboxylic acids is 2. The van der Waals surface area contributed by atoms with Crippen molar-refractivity contribution in [1.82, 2.24) is 5.32 Å². The van der Waals surface area contributed by atoms with Crippen molar-refractivity contribution in [3.05, 3.63) is 48.0 Å². The molecule has 2 aromatic rings. The van der Waals surface area contributed by atoms with Gasteiger partial charge in [-0.15, -0.1) is 0 Å². The van der Waals surface area contributed by atoms with Crippen LogP contribution in [0.1, 0.15) is 12.5 Å². The number of fused-ring (bicyclic) bond motifs is 1. The zero-order valence-corrected chi connectivity index (χ0v) is 17.8. The van der Waals surface area contributed by atoms with Crippen molar-refractivity contribution >= 4 is 22.8 Å². The maximum atomic E-state index is 12.3. The molecule has 1 fully saturated rings. The Morgan fingerprint density at radius 2 is 1.94 bits per heavy atom. The van der Waals surface area contributed by atoms with Crippen molar-refractivity contribution < 1.29 is 33.3 Å². The minimum Gasteiger partial charge on any atom is -0.490 e. The summed E-state index contributed by atoms with van der Waals surface area (Å²) in [6, 6.07) is 9.47. The largest absolute Gasteiger partial charge is 0.490 e. The first-order valence-corrected chi connectivity index (χ1v) is 10.1. The number of aryl methyl sites for hydroxylation is 1. The summed E-state index contributed by atoms with van der Waals surface area (Å²) in [5, 5.41) is 4.30. The van der Waals surface area contributed by atoms with Gasteiger partial charge in [0.05, 0.1) is 19.8 Å². The van der Waals surface area contributed by atoms with Crippen LogP contribution in [0.2, 0.25) is 0 Å². The number of hydrogen-bond acceptors (Lipinski definition) is 7. The smallest absolute Gasteiger partial charge is 0.412 e. The topological polar surface area (TPSA) is 95.6 Å². The van der Waals surface area contributed by atoms with E-state index in [9.17, 15) is 9.59 Å². The molecule has 2 aromatic carbocycles. The Morgan fingerprint density at radius 3 is 2.65 bits per heavy atom. The lowest BCUT2D eigenvalue weighted by Crippen LogP contribution is -2.30. The fourth-order valence-electron chi connectivity index (χ4n) is 2.82. The van der Waals surface area contributed by atoms with Crippen LogP contribution in [0.3, 0.4) is 0 Å². The summed E-state index contributed by atoms with van der Waals surface area (Å²) in [6.07, 6.45) is -0.424. The van der Waals surface area contributed by atoms with Crippen LogP contribution in [0.4, 0.5) is 4.79 Å². The van der Waals surface area contributed by atoms with E-state index in [0.29, 0.717) is 17.9 Å². The molecule has 1 unspecified atom stereocenters. The highest BCUT2D eigenvalue weighted by molar-refractivity contribution is 5.95. The van der Waals surface area contributed by atoms with E-state index in [0.717, 1.165) is 28.7 Å². The minimum atomic E-state index is -0.578. The molecule has 31 heavy (non-hydrogen) atoms. The Labute approximate surface area is 181 Å². The molecule has 1 aliphatic rings. The third-order valence-electron chi connectivity index (χ3n) is 4.49. The number of benzene rings is 2. The lowest BCUT2D eigenvalue weighted by molar-refractivity contribution is -0.140. The van der Waals surface area contributed by atoms with Crippen molar-refractivity contribution in [2.45, 2.75) is 20.0 Å². The zero-order valence-electron chi connectivity index (χ0n) is 17.8. The van der Waals surface area contributed by atoms with Gasteiger partial charge in [-0.25, -0.2) is 9.59 Å². The van der Waals surface area contributed by atoms with Gasteiger partial charge >= 0.3 is 12.1 Å². The Hall–Kier alpha value is -3.10. The fraction of sp³-hybridized carbons (Fsp3) is 0.391. The highest BCUT2D eigenvalue weighted by Crippen LogP contribution is 2.36. The maximum absolute atomic E-state index is 12.3. The van der Waals surface area contributed by atoms with Crippen LogP contribution in [0, 0.1) is 6.92 Å².